The zero-order valence-corrected chi connectivity index (χ0v) is 14.1. The van der Waals surface area contributed by atoms with Crippen LogP contribution in [-0.4, -0.2) is 66.2 Å². The summed E-state index contributed by atoms with van der Waals surface area (Å²) in [5.41, 5.74) is 2.34. The molecule has 3 aliphatic rings. The molecule has 2 heterocycles. The van der Waals surface area contributed by atoms with Crippen LogP contribution in [0.5, 0.6) is 0 Å². The van der Waals surface area contributed by atoms with Crippen LogP contribution in [0.25, 0.3) is 0 Å². The third-order valence-corrected chi connectivity index (χ3v) is 5.84. The second-order valence-corrected chi connectivity index (χ2v) is 7.16. The molecule has 0 spiro atoms. The van der Waals surface area contributed by atoms with Gasteiger partial charge >= 0.3 is 0 Å². The maximum Gasteiger partial charge on any atom is 0.225 e. The molecule has 0 saturated carbocycles. The van der Waals surface area contributed by atoms with Crippen molar-refractivity contribution in [2.75, 3.05) is 39.4 Å². The first-order valence-electron chi connectivity index (χ1n) is 9.10. The number of hydrogen-bond acceptors (Lipinski definition) is 4. The summed E-state index contributed by atoms with van der Waals surface area (Å²) >= 11 is 0. The number of fused-ring (bicyclic) bond motifs is 1. The molecule has 1 N–H and O–H groups in total. The van der Waals surface area contributed by atoms with Crippen LogP contribution in [0.4, 0.5) is 0 Å². The summed E-state index contributed by atoms with van der Waals surface area (Å²) < 4.78 is 5.33. The van der Waals surface area contributed by atoms with E-state index in [1.54, 1.807) is 0 Å². The number of likely N-dealkylation sites (tertiary alicyclic amines) is 1. The van der Waals surface area contributed by atoms with Crippen LogP contribution < -0.4 is 0 Å². The predicted octanol–water partition coefficient (Wildman–Crippen LogP) is 1.22. The standard InChI is InChI=1S/C19H26N2O3/c22-18-16-4-2-1-3-15(16)13-17(18)20-7-5-14(6-8-20)19(23)21-9-11-24-12-10-21/h1-4,14,17-18,22H,5-13H2. The molecule has 130 valence electrons. The summed E-state index contributed by atoms with van der Waals surface area (Å²) in [7, 11) is 0. The summed E-state index contributed by atoms with van der Waals surface area (Å²) in [6.07, 6.45) is 2.32. The van der Waals surface area contributed by atoms with Crippen LogP contribution in [0.3, 0.4) is 0 Å². The van der Waals surface area contributed by atoms with Crippen molar-refractivity contribution in [1.82, 2.24) is 9.80 Å². The van der Waals surface area contributed by atoms with Gasteiger partial charge in [0.1, 0.15) is 0 Å². The highest BCUT2D eigenvalue weighted by atomic mass is 16.5. The monoisotopic (exact) mass is 330 g/mol. The highest BCUT2D eigenvalue weighted by Gasteiger charge is 2.38. The quantitative estimate of drug-likeness (QED) is 0.886. The van der Waals surface area contributed by atoms with Gasteiger partial charge in [-0.15, -0.1) is 0 Å². The molecule has 1 amide bonds. The molecule has 0 radical (unpaired) electrons. The van der Waals surface area contributed by atoms with Gasteiger partial charge in [-0.2, -0.15) is 0 Å². The zero-order valence-electron chi connectivity index (χ0n) is 14.1. The van der Waals surface area contributed by atoms with Crippen LogP contribution in [-0.2, 0) is 16.0 Å². The molecule has 0 bridgehead atoms. The van der Waals surface area contributed by atoms with Gasteiger partial charge in [0, 0.05) is 25.0 Å². The number of ether oxygens (including phenoxy) is 1. The van der Waals surface area contributed by atoms with Crippen molar-refractivity contribution in [3.8, 4) is 0 Å². The van der Waals surface area contributed by atoms with Gasteiger partial charge in [0.2, 0.25) is 5.91 Å². The third-order valence-electron chi connectivity index (χ3n) is 5.84. The lowest BCUT2D eigenvalue weighted by atomic mass is 9.93. The lowest BCUT2D eigenvalue weighted by Crippen LogP contribution is -2.49. The molecule has 5 heteroatoms. The highest BCUT2D eigenvalue weighted by Crippen LogP contribution is 2.36. The average molecular weight is 330 g/mol. The molecule has 24 heavy (non-hydrogen) atoms. The van der Waals surface area contributed by atoms with Gasteiger partial charge in [-0.3, -0.25) is 9.69 Å². The Kier molecular flexibility index (Phi) is 4.57. The Morgan fingerprint density at radius 1 is 1.08 bits per heavy atom. The van der Waals surface area contributed by atoms with E-state index < -0.39 is 6.10 Å². The van der Waals surface area contributed by atoms with Crippen molar-refractivity contribution >= 4 is 5.91 Å². The summed E-state index contributed by atoms with van der Waals surface area (Å²) in [4.78, 5) is 17.0. The topological polar surface area (TPSA) is 53.0 Å². The molecule has 2 unspecified atom stereocenters. The summed E-state index contributed by atoms with van der Waals surface area (Å²) in [5, 5.41) is 10.6. The first-order valence-corrected chi connectivity index (χ1v) is 9.10. The maximum atomic E-state index is 12.6. The molecule has 2 saturated heterocycles. The maximum absolute atomic E-state index is 12.6. The third kappa shape index (κ3) is 2.96. The minimum absolute atomic E-state index is 0.139. The number of carbonyl (C=O) groups excluding carboxylic acids is 1. The molecule has 5 nitrogen and oxygen atoms in total. The van der Waals surface area contributed by atoms with Gasteiger partial charge in [-0.25, -0.2) is 0 Å². The van der Waals surface area contributed by atoms with Gasteiger partial charge in [-0.1, -0.05) is 24.3 Å². The lowest BCUT2D eigenvalue weighted by Gasteiger charge is -2.38. The number of piperidine rings is 1. The molecule has 4 rings (SSSR count). The molecular weight excluding hydrogens is 304 g/mol. The molecule has 1 aliphatic carbocycles. The molecule has 2 aliphatic heterocycles. The number of morpholine rings is 1. The van der Waals surface area contributed by atoms with E-state index in [1.165, 1.54) is 5.56 Å². The van der Waals surface area contributed by atoms with Gasteiger partial charge in [-0.05, 0) is 43.5 Å². The average Bonchev–Trinajstić information content (AvgIpc) is 2.99. The van der Waals surface area contributed by atoms with Crippen molar-refractivity contribution in [1.29, 1.82) is 0 Å². The predicted molar refractivity (Wildman–Crippen MR) is 90.6 cm³/mol. The zero-order chi connectivity index (χ0) is 16.5. The molecule has 2 atom stereocenters. The molecule has 1 aromatic rings. The second kappa shape index (κ2) is 6.82. The van der Waals surface area contributed by atoms with Crippen LogP contribution in [0.1, 0.15) is 30.1 Å². The summed E-state index contributed by atoms with van der Waals surface area (Å²) in [5.74, 6) is 0.438. The number of benzene rings is 1. The van der Waals surface area contributed by atoms with Gasteiger partial charge < -0.3 is 14.7 Å². The van der Waals surface area contributed by atoms with Crippen molar-refractivity contribution in [2.24, 2.45) is 5.92 Å². The van der Waals surface area contributed by atoms with Crippen LogP contribution in [0.2, 0.25) is 0 Å². The fraction of sp³-hybridized carbons (Fsp3) is 0.632. The van der Waals surface area contributed by atoms with E-state index in [0.29, 0.717) is 19.1 Å². The molecule has 2 fully saturated rings. The number of amides is 1. The summed E-state index contributed by atoms with van der Waals surface area (Å²) in [6.45, 7) is 4.59. The number of aliphatic hydroxyl groups is 1. The van der Waals surface area contributed by atoms with Crippen molar-refractivity contribution in [3.05, 3.63) is 35.4 Å². The van der Waals surface area contributed by atoms with E-state index in [-0.39, 0.29) is 12.0 Å². The number of hydrogen-bond donors (Lipinski definition) is 1. The van der Waals surface area contributed by atoms with E-state index in [9.17, 15) is 9.90 Å². The van der Waals surface area contributed by atoms with Crippen LogP contribution >= 0.6 is 0 Å². The van der Waals surface area contributed by atoms with E-state index in [2.05, 4.69) is 11.0 Å². The van der Waals surface area contributed by atoms with E-state index in [1.807, 2.05) is 23.1 Å². The van der Waals surface area contributed by atoms with Crippen molar-refractivity contribution < 1.29 is 14.6 Å². The number of carbonyl (C=O) groups is 1. The SMILES string of the molecule is O=C(C1CCN(C2Cc3ccccc3C2O)CC1)N1CCOCC1. The van der Waals surface area contributed by atoms with Crippen LogP contribution in [0, 0.1) is 5.92 Å². The fourth-order valence-electron chi connectivity index (χ4n) is 4.40. The highest BCUT2D eigenvalue weighted by molar-refractivity contribution is 5.79. The minimum Gasteiger partial charge on any atom is -0.387 e. The largest absolute Gasteiger partial charge is 0.387 e. The Balaban J connectivity index is 1.34. The Morgan fingerprint density at radius 2 is 1.79 bits per heavy atom. The lowest BCUT2D eigenvalue weighted by molar-refractivity contribution is -0.141. The van der Waals surface area contributed by atoms with E-state index in [0.717, 1.165) is 51.0 Å². The smallest absolute Gasteiger partial charge is 0.225 e. The molecule has 0 aromatic heterocycles. The van der Waals surface area contributed by atoms with Gasteiger partial charge in [0.25, 0.3) is 0 Å². The van der Waals surface area contributed by atoms with E-state index in [4.69, 9.17) is 4.74 Å². The van der Waals surface area contributed by atoms with E-state index >= 15 is 0 Å². The normalized spacial score (nSPS) is 28.8. The van der Waals surface area contributed by atoms with Crippen molar-refractivity contribution in [3.63, 3.8) is 0 Å². The fourth-order valence-corrected chi connectivity index (χ4v) is 4.40. The first kappa shape index (κ1) is 16.1. The second-order valence-electron chi connectivity index (χ2n) is 7.16. The number of aliphatic hydroxyl groups excluding tert-OH is 1. The van der Waals surface area contributed by atoms with Crippen LogP contribution in [0.15, 0.2) is 24.3 Å². The molecule has 1 aromatic carbocycles. The Bertz CT molecular complexity index is 592. The van der Waals surface area contributed by atoms with Gasteiger partial charge in [0.15, 0.2) is 0 Å². The van der Waals surface area contributed by atoms with Crippen molar-refractivity contribution in [2.45, 2.75) is 31.4 Å². The minimum atomic E-state index is -0.396. The number of rotatable bonds is 2. The summed E-state index contributed by atoms with van der Waals surface area (Å²) in [6, 6.07) is 8.36. The number of nitrogens with zero attached hydrogens (tertiary/aromatic N) is 2. The Morgan fingerprint density at radius 3 is 2.50 bits per heavy atom. The molecular formula is C19H26N2O3. The Hall–Kier alpha value is -1.43. The van der Waals surface area contributed by atoms with Gasteiger partial charge in [0.05, 0.1) is 19.3 Å². The Labute approximate surface area is 143 Å². The first-order chi connectivity index (χ1) is 11.7.